The number of rotatable bonds is 4. The van der Waals surface area contributed by atoms with Gasteiger partial charge in [-0.15, -0.1) is 0 Å². The molecule has 1 aromatic rings. The van der Waals surface area contributed by atoms with Gasteiger partial charge in [-0.25, -0.2) is 0 Å². The Morgan fingerprint density at radius 3 is 2.91 bits per heavy atom. The summed E-state index contributed by atoms with van der Waals surface area (Å²) in [5.41, 5.74) is 0. The van der Waals surface area contributed by atoms with E-state index >= 15 is 0 Å². The Morgan fingerprint density at radius 1 is 1.27 bits per heavy atom. The second-order valence-electron chi connectivity index (χ2n) is 5.69. The summed E-state index contributed by atoms with van der Waals surface area (Å²) in [6.07, 6.45) is 11.0. The van der Waals surface area contributed by atoms with Crippen molar-refractivity contribution in [2.45, 2.75) is 31.8 Å². The van der Waals surface area contributed by atoms with Crippen molar-refractivity contribution in [3.05, 3.63) is 24.5 Å². The van der Waals surface area contributed by atoms with Crippen LogP contribution in [0.5, 0.6) is 11.8 Å². The Morgan fingerprint density at radius 2 is 2.14 bits per heavy atom. The van der Waals surface area contributed by atoms with Crippen LogP contribution in [-0.4, -0.2) is 47.1 Å². The molecule has 1 amide bonds. The molecule has 2 heterocycles. The third-order valence-corrected chi connectivity index (χ3v) is 4.16. The number of methoxy groups -OCH3 is 1. The molecular weight excluding hydrogens is 282 g/mol. The maximum absolute atomic E-state index is 12.5. The molecule has 0 radical (unpaired) electrons. The van der Waals surface area contributed by atoms with Crippen molar-refractivity contribution in [3.63, 3.8) is 0 Å². The molecule has 6 heteroatoms. The van der Waals surface area contributed by atoms with Crippen molar-refractivity contribution in [1.29, 1.82) is 0 Å². The van der Waals surface area contributed by atoms with Gasteiger partial charge in [0.25, 0.3) is 0 Å². The van der Waals surface area contributed by atoms with Gasteiger partial charge in [0.15, 0.2) is 0 Å². The number of carbonyl (C=O) groups is 1. The Balaban J connectivity index is 1.55. The van der Waals surface area contributed by atoms with Crippen LogP contribution in [0.4, 0.5) is 0 Å². The molecule has 1 aromatic heterocycles. The highest BCUT2D eigenvalue weighted by Crippen LogP contribution is 2.24. The molecule has 2 aliphatic rings. The van der Waals surface area contributed by atoms with Crippen LogP contribution in [0.3, 0.4) is 0 Å². The Kier molecular flexibility index (Phi) is 4.56. The third-order valence-electron chi connectivity index (χ3n) is 4.16. The number of hydrogen-bond donors (Lipinski definition) is 0. The third kappa shape index (κ3) is 3.37. The van der Waals surface area contributed by atoms with E-state index in [-0.39, 0.29) is 17.9 Å². The summed E-state index contributed by atoms with van der Waals surface area (Å²) in [6, 6.07) is 0. The van der Waals surface area contributed by atoms with E-state index in [1.165, 1.54) is 6.20 Å². The van der Waals surface area contributed by atoms with E-state index in [2.05, 4.69) is 22.1 Å². The molecule has 6 nitrogen and oxygen atoms in total. The molecule has 3 rings (SSSR count). The number of likely N-dealkylation sites (tertiary alicyclic amines) is 1. The zero-order valence-corrected chi connectivity index (χ0v) is 12.8. The van der Waals surface area contributed by atoms with Gasteiger partial charge in [0, 0.05) is 18.9 Å². The van der Waals surface area contributed by atoms with Crippen molar-refractivity contribution >= 4 is 5.91 Å². The van der Waals surface area contributed by atoms with Crippen LogP contribution >= 0.6 is 0 Å². The van der Waals surface area contributed by atoms with Gasteiger partial charge < -0.3 is 14.4 Å². The van der Waals surface area contributed by atoms with Crippen LogP contribution in [0.1, 0.15) is 25.7 Å². The van der Waals surface area contributed by atoms with Gasteiger partial charge in [-0.05, 0) is 19.3 Å². The fraction of sp³-hybridized carbons (Fsp3) is 0.562. The highest BCUT2D eigenvalue weighted by atomic mass is 16.5. The number of carbonyl (C=O) groups excluding carboxylic acids is 1. The Labute approximate surface area is 130 Å². The van der Waals surface area contributed by atoms with E-state index in [0.29, 0.717) is 18.3 Å². The van der Waals surface area contributed by atoms with Crippen LogP contribution in [0.25, 0.3) is 0 Å². The second-order valence-corrected chi connectivity index (χ2v) is 5.69. The molecule has 0 bridgehead atoms. The molecule has 0 N–H and O–H groups in total. The number of ether oxygens (including phenoxy) is 2. The smallest absolute Gasteiger partial charge is 0.235 e. The lowest BCUT2D eigenvalue weighted by Crippen LogP contribution is -2.36. The fourth-order valence-corrected chi connectivity index (χ4v) is 2.96. The largest absolute Gasteiger partial charge is 0.480 e. The summed E-state index contributed by atoms with van der Waals surface area (Å²) in [7, 11) is 1.54. The number of allylic oxidation sites excluding steroid dienone is 2. The highest BCUT2D eigenvalue weighted by molar-refractivity contribution is 5.79. The van der Waals surface area contributed by atoms with Crippen molar-refractivity contribution in [2.75, 3.05) is 20.2 Å². The summed E-state index contributed by atoms with van der Waals surface area (Å²) < 4.78 is 10.9. The molecule has 0 spiro atoms. The molecule has 1 saturated heterocycles. The van der Waals surface area contributed by atoms with Crippen LogP contribution in [0, 0.1) is 5.92 Å². The van der Waals surface area contributed by atoms with Gasteiger partial charge in [-0.3, -0.25) is 9.78 Å². The zero-order chi connectivity index (χ0) is 15.4. The summed E-state index contributed by atoms with van der Waals surface area (Å²) in [6.45, 7) is 1.37. The SMILES string of the molecule is COc1cncc(O[C@@H]2CCN(C(=O)[C@@H]3CC=CCC3)C2)n1. The number of nitrogens with zero attached hydrogens (tertiary/aromatic N) is 3. The molecule has 0 unspecified atom stereocenters. The zero-order valence-electron chi connectivity index (χ0n) is 12.8. The molecule has 2 atom stereocenters. The summed E-state index contributed by atoms with van der Waals surface area (Å²) in [4.78, 5) is 22.6. The van der Waals surface area contributed by atoms with Gasteiger partial charge >= 0.3 is 0 Å². The Bertz CT molecular complexity index is 561. The molecule has 1 aliphatic heterocycles. The molecular formula is C16H21N3O3. The maximum Gasteiger partial charge on any atom is 0.235 e. The molecule has 0 aromatic carbocycles. The molecule has 1 fully saturated rings. The average molecular weight is 303 g/mol. The van der Waals surface area contributed by atoms with E-state index in [1.807, 2.05) is 4.90 Å². The minimum Gasteiger partial charge on any atom is -0.480 e. The first-order chi connectivity index (χ1) is 10.8. The predicted molar refractivity (Wildman–Crippen MR) is 80.7 cm³/mol. The minimum absolute atomic E-state index is 0.0236. The summed E-state index contributed by atoms with van der Waals surface area (Å²) in [5, 5.41) is 0. The monoisotopic (exact) mass is 303 g/mol. The fourth-order valence-electron chi connectivity index (χ4n) is 2.96. The van der Waals surface area contributed by atoms with E-state index in [1.54, 1.807) is 13.3 Å². The normalized spacial score (nSPS) is 24.3. The second kappa shape index (κ2) is 6.77. The molecule has 118 valence electrons. The number of hydrogen-bond acceptors (Lipinski definition) is 5. The van der Waals surface area contributed by atoms with Gasteiger partial charge in [-0.1, -0.05) is 12.2 Å². The summed E-state index contributed by atoms with van der Waals surface area (Å²) >= 11 is 0. The molecule has 0 saturated carbocycles. The van der Waals surface area contributed by atoms with E-state index in [9.17, 15) is 4.79 Å². The van der Waals surface area contributed by atoms with E-state index in [0.717, 1.165) is 32.2 Å². The average Bonchev–Trinajstić information content (AvgIpc) is 3.03. The van der Waals surface area contributed by atoms with E-state index < -0.39 is 0 Å². The van der Waals surface area contributed by atoms with Crippen LogP contribution < -0.4 is 9.47 Å². The lowest BCUT2D eigenvalue weighted by molar-refractivity contribution is -0.135. The first kappa shape index (κ1) is 14.8. The van der Waals surface area contributed by atoms with Crippen LogP contribution in [0.15, 0.2) is 24.5 Å². The predicted octanol–water partition coefficient (Wildman–Crippen LogP) is 1.82. The summed E-state index contributed by atoms with van der Waals surface area (Å²) in [5.74, 6) is 1.27. The number of aromatic nitrogens is 2. The van der Waals surface area contributed by atoms with Gasteiger partial charge in [0.1, 0.15) is 6.10 Å². The van der Waals surface area contributed by atoms with Crippen molar-refractivity contribution in [2.24, 2.45) is 5.92 Å². The van der Waals surface area contributed by atoms with Crippen molar-refractivity contribution in [1.82, 2.24) is 14.9 Å². The van der Waals surface area contributed by atoms with Crippen molar-refractivity contribution < 1.29 is 14.3 Å². The minimum atomic E-state index is -0.0236. The topological polar surface area (TPSA) is 64.6 Å². The van der Waals surface area contributed by atoms with Crippen molar-refractivity contribution in [3.8, 4) is 11.8 Å². The lowest BCUT2D eigenvalue weighted by Gasteiger charge is -2.24. The Hall–Kier alpha value is -2.11. The van der Waals surface area contributed by atoms with Gasteiger partial charge in [0.2, 0.25) is 17.7 Å². The van der Waals surface area contributed by atoms with Gasteiger partial charge in [0.05, 0.1) is 26.0 Å². The first-order valence-electron chi connectivity index (χ1n) is 7.72. The quantitative estimate of drug-likeness (QED) is 0.794. The standard InChI is InChI=1S/C16H21N3O3/c1-21-14-9-17-10-15(18-14)22-13-7-8-19(11-13)16(20)12-5-3-2-4-6-12/h2-3,9-10,12-13H,4-8,11H2,1H3/t12-,13-/m1/s1. The molecule has 1 aliphatic carbocycles. The van der Waals surface area contributed by atoms with E-state index in [4.69, 9.17) is 9.47 Å². The maximum atomic E-state index is 12.5. The van der Waals surface area contributed by atoms with Gasteiger partial charge in [-0.2, -0.15) is 4.98 Å². The first-order valence-corrected chi connectivity index (χ1v) is 7.72. The van der Waals surface area contributed by atoms with Crippen LogP contribution in [0.2, 0.25) is 0 Å². The molecule has 22 heavy (non-hydrogen) atoms. The highest BCUT2D eigenvalue weighted by Gasteiger charge is 2.31. The number of amides is 1. The van der Waals surface area contributed by atoms with Crippen LogP contribution in [-0.2, 0) is 4.79 Å². The lowest BCUT2D eigenvalue weighted by atomic mass is 9.93.